The van der Waals surface area contributed by atoms with E-state index in [2.05, 4.69) is 13.2 Å². The van der Waals surface area contributed by atoms with Crippen molar-refractivity contribution in [2.45, 2.75) is 13.3 Å². The van der Waals surface area contributed by atoms with Crippen molar-refractivity contribution in [2.75, 3.05) is 13.2 Å². The third-order valence-electron chi connectivity index (χ3n) is 2.30. The van der Waals surface area contributed by atoms with Crippen molar-refractivity contribution in [1.82, 2.24) is 0 Å². The minimum atomic E-state index is -0.373. The summed E-state index contributed by atoms with van der Waals surface area (Å²) in [5.41, 5.74) is 1.36. The van der Waals surface area contributed by atoms with Gasteiger partial charge in [-0.3, -0.25) is 0 Å². The molecule has 0 radical (unpaired) electrons. The van der Waals surface area contributed by atoms with Crippen molar-refractivity contribution in [3.8, 4) is 5.75 Å². The number of esters is 1. The molecule has 1 rings (SSSR count). The zero-order valence-corrected chi connectivity index (χ0v) is 10.6. The van der Waals surface area contributed by atoms with Gasteiger partial charge in [0.2, 0.25) is 0 Å². The van der Waals surface area contributed by atoms with Crippen LogP contribution in [0.15, 0.2) is 43.5 Å². The summed E-state index contributed by atoms with van der Waals surface area (Å²) in [4.78, 5) is 11.8. The van der Waals surface area contributed by atoms with E-state index in [9.17, 15) is 4.79 Å². The van der Waals surface area contributed by atoms with Gasteiger partial charge in [-0.1, -0.05) is 30.9 Å². The van der Waals surface area contributed by atoms with Crippen LogP contribution in [0, 0.1) is 0 Å². The Morgan fingerprint density at radius 1 is 1.33 bits per heavy atom. The molecule has 0 saturated heterocycles. The van der Waals surface area contributed by atoms with Crippen molar-refractivity contribution in [3.63, 3.8) is 0 Å². The predicted molar refractivity (Wildman–Crippen MR) is 72.0 cm³/mol. The van der Waals surface area contributed by atoms with Crippen molar-refractivity contribution < 1.29 is 14.3 Å². The van der Waals surface area contributed by atoms with Gasteiger partial charge in [0.25, 0.3) is 0 Å². The molecule has 0 bridgehead atoms. The molecule has 0 aliphatic heterocycles. The van der Waals surface area contributed by atoms with Gasteiger partial charge in [0.1, 0.15) is 17.9 Å². The van der Waals surface area contributed by atoms with Crippen molar-refractivity contribution in [3.05, 3.63) is 54.6 Å². The van der Waals surface area contributed by atoms with E-state index in [1.165, 1.54) is 0 Å². The van der Waals surface area contributed by atoms with E-state index in [1.807, 2.05) is 12.1 Å². The van der Waals surface area contributed by atoms with Crippen LogP contribution >= 0.6 is 0 Å². The molecule has 18 heavy (non-hydrogen) atoms. The Morgan fingerprint density at radius 3 is 2.72 bits per heavy atom. The lowest BCUT2D eigenvalue weighted by Crippen LogP contribution is -2.09. The third kappa shape index (κ3) is 3.48. The smallest absolute Gasteiger partial charge is 0.341 e. The number of allylic oxidation sites excluding steroid dienone is 1. The Hall–Kier alpha value is -2.03. The number of carbonyl (C=O) groups is 1. The molecule has 0 unspecified atom stereocenters. The Kier molecular flexibility index (Phi) is 5.71. The highest BCUT2D eigenvalue weighted by Gasteiger charge is 2.16. The maximum absolute atomic E-state index is 11.8. The molecule has 0 heterocycles. The minimum absolute atomic E-state index is 0.339. The van der Waals surface area contributed by atoms with E-state index in [0.717, 1.165) is 5.56 Å². The molecule has 1 aromatic rings. The maximum Gasteiger partial charge on any atom is 0.341 e. The average Bonchev–Trinajstić information content (AvgIpc) is 2.37. The van der Waals surface area contributed by atoms with Gasteiger partial charge in [0, 0.05) is 0 Å². The van der Waals surface area contributed by atoms with E-state index in [0.29, 0.717) is 30.9 Å². The summed E-state index contributed by atoms with van der Waals surface area (Å²) in [6.45, 7) is 9.76. The Balaban J connectivity index is 3.13. The van der Waals surface area contributed by atoms with Gasteiger partial charge in [-0.2, -0.15) is 0 Å². The summed E-state index contributed by atoms with van der Waals surface area (Å²) in [5, 5.41) is 0. The van der Waals surface area contributed by atoms with Gasteiger partial charge in [0.05, 0.1) is 6.61 Å². The van der Waals surface area contributed by atoms with Crippen LogP contribution in [-0.4, -0.2) is 19.2 Å². The van der Waals surface area contributed by atoms with Crippen molar-refractivity contribution in [1.29, 1.82) is 0 Å². The molecule has 0 saturated carbocycles. The normalized spacial score (nSPS) is 9.61. The van der Waals surface area contributed by atoms with Crippen LogP contribution in [0.1, 0.15) is 22.8 Å². The number of rotatable bonds is 7. The molecular formula is C15H18O3. The number of ether oxygens (including phenoxy) is 2. The fourth-order valence-electron chi connectivity index (χ4n) is 1.58. The zero-order valence-electron chi connectivity index (χ0n) is 10.6. The van der Waals surface area contributed by atoms with Crippen LogP contribution < -0.4 is 4.74 Å². The first-order valence-electron chi connectivity index (χ1n) is 5.88. The molecule has 0 aliphatic rings. The third-order valence-corrected chi connectivity index (χ3v) is 2.30. The quantitative estimate of drug-likeness (QED) is 0.547. The molecule has 3 nitrogen and oxygen atoms in total. The zero-order chi connectivity index (χ0) is 13.4. The highest BCUT2D eigenvalue weighted by atomic mass is 16.5. The topological polar surface area (TPSA) is 35.5 Å². The van der Waals surface area contributed by atoms with Gasteiger partial charge in [-0.25, -0.2) is 4.79 Å². The highest BCUT2D eigenvalue weighted by Crippen LogP contribution is 2.25. The number of hydrogen-bond acceptors (Lipinski definition) is 3. The summed E-state index contributed by atoms with van der Waals surface area (Å²) in [6.07, 6.45) is 4.05. The molecule has 96 valence electrons. The second kappa shape index (κ2) is 7.33. The van der Waals surface area contributed by atoms with Crippen LogP contribution in [-0.2, 0) is 11.2 Å². The minimum Gasteiger partial charge on any atom is -0.488 e. The fourth-order valence-corrected chi connectivity index (χ4v) is 1.58. The Labute approximate surface area is 108 Å². The average molecular weight is 246 g/mol. The number of hydrogen-bond donors (Lipinski definition) is 0. The highest BCUT2D eigenvalue weighted by molar-refractivity contribution is 5.93. The van der Waals surface area contributed by atoms with E-state index >= 15 is 0 Å². The first kappa shape index (κ1) is 14.0. The first-order chi connectivity index (χ1) is 8.74. The molecule has 0 fully saturated rings. The van der Waals surface area contributed by atoms with Crippen molar-refractivity contribution >= 4 is 5.97 Å². The molecular weight excluding hydrogens is 228 g/mol. The lowest BCUT2D eigenvalue weighted by molar-refractivity contribution is 0.0522. The summed E-state index contributed by atoms with van der Waals surface area (Å²) in [6, 6.07) is 5.41. The second-order valence-corrected chi connectivity index (χ2v) is 3.61. The largest absolute Gasteiger partial charge is 0.488 e. The van der Waals surface area contributed by atoms with E-state index in [4.69, 9.17) is 9.47 Å². The molecule has 0 atom stereocenters. The monoisotopic (exact) mass is 246 g/mol. The molecule has 0 amide bonds. The fraction of sp³-hybridized carbons (Fsp3) is 0.267. The van der Waals surface area contributed by atoms with Crippen LogP contribution in [0.2, 0.25) is 0 Å². The SMILES string of the molecule is C=CCOc1c(CC=C)cccc1C(=O)OCC. The van der Waals surface area contributed by atoms with Gasteiger partial charge < -0.3 is 9.47 Å². The Bertz CT molecular complexity index is 435. The molecule has 1 aromatic carbocycles. The number of carbonyl (C=O) groups excluding carboxylic acids is 1. The van der Waals surface area contributed by atoms with Crippen LogP contribution in [0.3, 0.4) is 0 Å². The summed E-state index contributed by atoms with van der Waals surface area (Å²) in [5.74, 6) is 0.179. The standard InChI is InChI=1S/C15H18O3/c1-4-8-12-9-7-10-13(15(16)17-6-3)14(12)18-11-5-2/h4-5,7,9-10H,1-2,6,8,11H2,3H3. The molecule has 0 N–H and O–H groups in total. The summed E-state index contributed by atoms with van der Waals surface area (Å²) < 4.78 is 10.6. The van der Waals surface area contributed by atoms with E-state index < -0.39 is 0 Å². The van der Waals surface area contributed by atoms with Gasteiger partial charge in [-0.15, -0.1) is 6.58 Å². The summed E-state index contributed by atoms with van der Waals surface area (Å²) in [7, 11) is 0. The van der Waals surface area contributed by atoms with Crippen molar-refractivity contribution in [2.24, 2.45) is 0 Å². The number of para-hydroxylation sites is 1. The van der Waals surface area contributed by atoms with Gasteiger partial charge in [0.15, 0.2) is 0 Å². The molecule has 3 heteroatoms. The lowest BCUT2D eigenvalue weighted by atomic mass is 10.1. The Morgan fingerprint density at radius 2 is 2.11 bits per heavy atom. The second-order valence-electron chi connectivity index (χ2n) is 3.61. The molecule has 0 spiro atoms. The van der Waals surface area contributed by atoms with E-state index in [-0.39, 0.29) is 5.97 Å². The molecule has 0 aromatic heterocycles. The van der Waals surface area contributed by atoms with Crippen LogP contribution in [0.4, 0.5) is 0 Å². The number of benzene rings is 1. The first-order valence-corrected chi connectivity index (χ1v) is 5.88. The van der Waals surface area contributed by atoms with Crippen LogP contribution in [0.25, 0.3) is 0 Å². The molecule has 0 aliphatic carbocycles. The van der Waals surface area contributed by atoms with Gasteiger partial charge >= 0.3 is 5.97 Å². The van der Waals surface area contributed by atoms with E-state index in [1.54, 1.807) is 25.1 Å². The summed E-state index contributed by atoms with van der Waals surface area (Å²) >= 11 is 0. The predicted octanol–water partition coefficient (Wildman–Crippen LogP) is 3.16. The van der Waals surface area contributed by atoms with Crippen LogP contribution in [0.5, 0.6) is 5.75 Å². The van der Waals surface area contributed by atoms with Gasteiger partial charge in [-0.05, 0) is 25.0 Å². The lowest BCUT2D eigenvalue weighted by Gasteiger charge is -2.13. The maximum atomic E-state index is 11.8.